The van der Waals surface area contributed by atoms with Gasteiger partial charge in [-0.1, -0.05) is 6.07 Å². The number of benzene rings is 1. The Hall–Kier alpha value is -1.54. The van der Waals surface area contributed by atoms with Crippen molar-refractivity contribution in [1.29, 1.82) is 0 Å². The van der Waals surface area contributed by atoms with E-state index in [1.807, 2.05) is 6.07 Å². The SMILES string of the molecule is O=Nc1cccc2ncc(OP)cc12. The van der Waals surface area contributed by atoms with E-state index >= 15 is 0 Å². The predicted octanol–water partition coefficient (Wildman–Crippen LogP) is 2.80. The molecular weight excluding hydrogens is 199 g/mol. The molecule has 0 N–H and O–H groups in total. The molecule has 0 amide bonds. The second-order valence-corrected chi connectivity index (χ2v) is 2.96. The van der Waals surface area contributed by atoms with Crippen molar-refractivity contribution in [3.8, 4) is 5.75 Å². The van der Waals surface area contributed by atoms with Gasteiger partial charge >= 0.3 is 0 Å². The summed E-state index contributed by atoms with van der Waals surface area (Å²) in [7, 11) is 2.13. The maximum absolute atomic E-state index is 10.5. The van der Waals surface area contributed by atoms with Gasteiger partial charge in [0.05, 0.1) is 21.2 Å². The molecule has 5 heteroatoms. The maximum Gasteiger partial charge on any atom is 0.141 e. The molecule has 0 spiro atoms. The summed E-state index contributed by atoms with van der Waals surface area (Å²) in [5.41, 5.74) is 1.10. The first-order valence-corrected chi connectivity index (χ1v) is 4.41. The molecule has 70 valence electrons. The van der Waals surface area contributed by atoms with Gasteiger partial charge < -0.3 is 4.52 Å². The normalized spacial score (nSPS) is 10.1. The molecule has 0 aliphatic carbocycles. The van der Waals surface area contributed by atoms with Crippen molar-refractivity contribution in [3.63, 3.8) is 0 Å². The van der Waals surface area contributed by atoms with E-state index in [9.17, 15) is 4.91 Å². The number of rotatable bonds is 2. The van der Waals surface area contributed by atoms with Crippen LogP contribution in [0.2, 0.25) is 0 Å². The van der Waals surface area contributed by atoms with Gasteiger partial charge in [-0.15, -0.1) is 4.91 Å². The summed E-state index contributed by atoms with van der Waals surface area (Å²) >= 11 is 0. The summed E-state index contributed by atoms with van der Waals surface area (Å²) in [6.07, 6.45) is 1.59. The summed E-state index contributed by atoms with van der Waals surface area (Å²) in [6, 6.07) is 6.93. The van der Waals surface area contributed by atoms with Crippen LogP contribution < -0.4 is 4.52 Å². The van der Waals surface area contributed by atoms with Gasteiger partial charge in [-0.25, -0.2) is 0 Å². The van der Waals surface area contributed by atoms with E-state index in [0.717, 1.165) is 5.52 Å². The minimum absolute atomic E-state index is 0.374. The fourth-order valence-corrected chi connectivity index (χ4v) is 1.39. The molecule has 0 saturated carbocycles. The molecule has 1 unspecified atom stereocenters. The van der Waals surface area contributed by atoms with Crippen LogP contribution in [-0.2, 0) is 0 Å². The molecular formula is C9H7N2O2P. The third-order valence-electron chi connectivity index (χ3n) is 1.91. The molecule has 14 heavy (non-hydrogen) atoms. The van der Waals surface area contributed by atoms with Gasteiger partial charge in [0, 0.05) is 5.39 Å². The first-order valence-electron chi connectivity index (χ1n) is 3.94. The Labute approximate surface area is 82.6 Å². The molecule has 4 nitrogen and oxygen atoms in total. The molecule has 0 radical (unpaired) electrons. The van der Waals surface area contributed by atoms with Crippen molar-refractivity contribution in [1.82, 2.24) is 4.98 Å². The average molecular weight is 206 g/mol. The van der Waals surface area contributed by atoms with E-state index in [2.05, 4.69) is 19.6 Å². The van der Waals surface area contributed by atoms with E-state index in [-0.39, 0.29) is 0 Å². The number of nitrogens with zero attached hydrogens (tertiary/aromatic N) is 2. The highest BCUT2D eigenvalue weighted by atomic mass is 31.0. The molecule has 2 aromatic rings. The standard InChI is InChI=1S/C9H7N2O2P/c12-11-9-3-1-2-8-7(9)4-6(13-14)5-10-8/h1-5H,14H2. The topological polar surface area (TPSA) is 51.5 Å². The third kappa shape index (κ3) is 1.44. The zero-order valence-corrected chi connectivity index (χ0v) is 8.33. The fourth-order valence-electron chi connectivity index (χ4n) is 1.26. The van der Waals surface area contributed by atoms with E-state index < -0.39 is 0 Å². The van der Waals surface area contributed by atoms with E-state index in [1.54, 1.807) is 24.4 Å². The van der Waals surface area contributed by atoms with Gasteiger partial charge in [-0.2, -0.15) is 0 Å². The van der Waals surface area contributed by atoms with Crippen LogP contribution in [0.1, 0.15) is 0 Å². The number of hydrogen-bond donors (Lipinski definition) is 0. The summed E-state index contributed by atoms with van der Waals surface area (Å²) in [6.45, 7) is 0. The Morgan fingerprint density at radius 2 is 2.29 bits per heavy atom. The third-order valence-corrected chi connectivity index (χ3v) is 2.18. The van der Waals surface area contributed by atoms with E-state index in [4.69, 9.17) is 4.52 Å². The second kappa shape index (κ2) is 3.68. The van der Waals surface area contributed by atoms with Crippen LogP contribution in [0.15, 0.2) is 35.6 Å². The molecule has 0 aliphatic heterocycles. The molecule has 0 aliphatic rings. The summed E-state index contributed by atoms with van der Waals surface area (Å²) in [5, 5.41) is 3.62. The van der Waals surface area contributed by atoms with Gasteiger partial charge in [0.25, 0.3) is 0 Å². The number of hydrogen-bond acceptors (Lipinski definition) is 4. The Balaban J connectivity index is 2.76. The van der Waals surface area contributed by atoms with Gasteiger partial charge in [-0.3, -0.25) is 4.98 Å². The van der Waals surface area contributed by atoms with Gasteiger partial charge in [0.15, 0.2) is 0 Å². The lowest BCUT2D eigenvalue weighted by Gasteiger charge is -2.01. The Kier molecular flexibility index (Phi) is 2.37. The Morgan fingerprint density at radius 3 is 3.00 bits per heavy atom. The fraction of sp³-hybridized carbons (Fsp3) is 0. The molecule has 2 rings (SSSR count). The Bertz CT molecular complexity index is 487. The minimum Gasteiger partial charge on any atom is -0.479 e. The molecule has 1 aromatic carbocycles. The molecule has 0 saturated heterocycles. The maximum atomic E-state index is 10.5. The number of aromatic nitrogens is 1. The van der Waals surface area contributed by atoms with Crippen LogP contribution >= 0.6 is 9.47 Å². The van der Waals surface area contributed by atoms with Crippen LogP contribution in [0.5, 0.6) is 5.75 Å². The minimum atomic E-state index is 0.374. The highest BCUT2D eigenvalue weighted by Crippen LogP contribution is 2.27. The summed E-state index contributed by atoms with van der Waals surface area (Å²) in [4.78, 5) is 14.6. The zero-order chi connectivity index (χ0) is 9.97. The predicted molar refractivity (Wildman–Crippen MR) is 57.5 cm³/mol. The van der Waals surface area contributed by atoms with Crippen LogP contribution in [-0.4, -0.2) is 4.98 Å². The zero-order valence-electron chi connectivity index (χ0n) is 7.18. The highest BCUT2D eigenvalue weighted by molar-refractivity contribution is 7.10. The van der Waals surface area contributed by atoms with Crippen LogP contribution in [0.4, 0.5) is 5.69 Å². The molecule has 1 atom stereocenters. The first kappa shape index (κ1) is 9.03. The largest absolute Gasteiger partial charge is 0.479 e. The van der Waals surface area contributed by atoms with Gasteiger partial charge in [0.1, 0.15) is 11.4 Å². The van der Waals surface area contributed by atoms with E-state index in [0.29, 0.717) is 16.8 Å². The molecule has 1 aromatic heterocycles. The lowest BCUT2D eigenvalue weighted by atomic mass is 10.2. The van der Waals surface area contributed by atoms with Crippen molar-refractivity contribution in [2.75, 3.05) is 0 Å². The molecule has 0 fully saturated rings. The smallest absolute Gasteiger partial charge is 0.141 e. The second-order valence-electron chi connectivity index (χ2n) is 2.72. The lowest BCUT2D eigenvalue weighted by Crippen LogP contribution is -1.81. The van der Waals surface area contributed by atoms with Crippen molar-refractivity contribution < 1.29 is 4.52 Å². The van der Waals surface area contributed by atoms with Crippen LogP contribution in [0.25, 0.3) is 10.9 Å². The molecule has 0 bridgehead atoms. The quantitative estimate of drug-likeness (QED) is 0.560. The average Bonchev–Trinajstić information content (AvgIpc) is 2.27. The van der Waals surface area contributed by atoms with Crippen molar-refractivity contribution in [2.24, 2.45) is 5.18 Å². The van der Waals surface area contributed by atoms with Crippen LogP contribution in [0, 0.1) is 4.91 Å². The van der Waals surface area contributed by atoms with Crippen molar-refractivity contribution in [2.45, 2.75) is 0 Å². The number of pyridine rings is 1. The van der Waals surface area contributed by atoms with Crippen molar-refractivity contribution >= 4 is 26.1 Å². The van der Waals surface area contributed by atoms with Gasteiger partial charge in [0.2, 0.25) is 0 Å². The van der Waals surface area contributed by atoms with E-state index in [1.165, 1.54) is 0 Å². The summed E-state index contributed by atoms with van der Waals surface area (Å²) in [5.74, 6) is 0.582. The highest BCUT2D eigenvalue weighted by Gasteiger charge is 2.03. The van der Waals surface area contributed by atoms with Gasteiger partial charge in [-0.05, 0) is 23.4 Å². The van der Waals surface area contributed by atoms with Crippen molar-refractivity contribution in [3.05, 3.63) is 35.4 Å². The first-order chi connectivity index (χ1) is 6.85. The number of fused-ring (bicyclic) bond motifs is 1. The van der Waals surface area contributed by atoms with Crippen LogP contribution in [0.3, 0.4) is 0 Å². The lowest BCUT2D eigenvalue weighted by molar-refractivity contribution is 0.644. The Morgan fingerprint density at radius 1 is 1.43 bits per heavy atom. The molecule has 1 heterocycles. The number of nitroso groups, excluding NO2 is 1. The monoisotopic (exact) mass is 206 g/mol. The summed E-state index contributed by atoms with van der Waals surface area (Å²) < 4.78 is 4.93.